The SMILES string of the molecule is CCN(CC)C(=O)C1CCCN(C(=O)Cn2cc(NC(=O)c3ccoc3C)cn2)C1. The summed E-state index contributed by atoms with van der Waals surface area (Å²) in [7, 11) is 0. The van der Waals surface area contributed by atoms with Gasteiger partial charge in [0.1, 0.15) is 12.3 Å². The molecule has 1 aliphatic rings. The fourth-order valence-electron chi connectivity index (χ4n) is 3.77. The molecule has 1 unspecified atom stereocenters. The second-order valence-electron chi connectivity index (χ2n) is 7.46. The number of furan rings is 1. The molecule has 3 rings (SSSR count). The van der Waals surface area contributed by atoms with Crippen molar-refractivity contribution in [3.63, 3.8) is 0 Å². The summed E-state index contributed by atoms with van der Waals surface area (Å²) in [5, 5.41) is 6.92. The molecule has 9 heteroatoms. The predicted octanol–water partition coefficient (Wildman–Crippen LogP) is 2.14. The summed E-state index contributed by atoms with van der Waals surface area (Å²) in [5.74, 6) is 0.137. The minimum atomic E-state index is -0.291. The van der Waals surface area contributed by atoms with E-state index in [1.807, 2.05) is 18.7 Å². The molecule has 3 heterocycles. The van der Waals surface area contributed by atoms with Crippen molar-refractivity contribution in [3.05, 3.63) is 36.0 Å². The number of nitrogens with one attached hydrogen (secondary N) is 1. The number of carbonyl (C=O) groups is 3. The number of nitrogens with zero attached hydrogens (tertiary/aromatic N) is 4. The van der Waals surface area contributed by atoms with Crippen LogP contribution in [0, 0.1) is 12.8 Å². The van der Waals surface area contributed by atoms with Crippen LogP contribution < -0.4 is 5.32 Å². The molecule has 0 aromatic carbocycles. The molecule has 1 N–H and O–H groups in total. The lowest BCUT2D eigenvalue weighted by molar-refractivity contribution is -0.141. The fraction of sp³-hybridized carbons (Fsp3) is 0.524. The van der Waals surface area contributed by atoms with E-state index in [4.69, 9.17) is 4.42 Å². The van der Waals surface area contributed by atoms with Crippen molar-refractivity contribution in [2.45, 2.75) is 40.2 Å². The van der Waals surface area contributed by atoms with Crippen LogP contribution in [0.5, 0.6) is 0 Å². The van der Waals surface area contributed by atoms with E-state index in [2.05, 4.69) is 10.4 Å². The summed E-state index contributed by atoms with van der Waals surface area (Å²) in [4.78, 5) is 41.2. The van der Waals surface area contributed by atoms with Crippen molar-refractivity contribution in [1.29, 1.82) is 0 Å². The van der Waals surface area contributed by atoms with Gasteiger partial charge in [-0.1, -0.05) is 0 Å². The number of likely N-dealkylation sites (tertiary alicyclic amines) is 1. The van der Waals surface area contributed by atoms with Gasteiger partial charge in [0.25, 0.3) is 5.91 Å². The molecule has 0 bridgehead atoms. The Labute approximate surface area is 176 Å². The van der Waals surface area contributed by atoms with E-state index in [9.17, 15) is 14.4 Å². The summed E-state index contributed by atoms with van der Waals surface area (Å²) in [6.07, 6.45) is 6.21. The van der Waals surface area contributed by atoms with Crippen molar-refractivity contribution in [2.24, 2.45) is 5.92 Å². The van der Waals surface area contributed by atoms with E-state index in [1.165, 1.54) is 17.1 Å². The van der Waals surface area contributed by atoms with Crippen molar-refractivity contribution in [3.8, 4) is 0 Å². The summed E-state index contributed by atoms with van der Waals surface area (Å²) in [6, 6.07) is 1.60. The lowest BCUT2D eigenvalue weighted by Crippen LogP contribution is -2.47. The van der Waals surface area contributed by atoms with Gasteiger partial charge in [-0.2, -0.15) is 5.10 Å². The molecular weight excluding hydrogens is 386 g/mol. The Bertz CT molecular complexity index is 899. The standard InChI is InChI=1S/C21H29N5O4/c1-4-24(5-2)21(29)16-7-6-9-25(12-16)19(27)14-26-13-17(11-22-26)23-20(28)18-8-10-30-15(18)3/h8,10-11,13,16H,4-7,9,12,14H2,1-3H3,(H,23,28). The molecule has 0 radical (unpaired) electrons. The minimum absolute atomic E-state index is 0.0623. The van der Waals surface area contributed by atoms with Gasteiger partial charge in [0.05, 0.1) is 29.6 Å². The Morgan fingerprint density at radius 2 is 2.07 bits per heavy atom. The molecule has 30 heavy (non-hydrogen) atoms. The number of hydrogen-bond donors (Lipinski definition) is 1. The largest absolute Gasteiger partial charge is 0.469 e. The average Bonchev–Trinajstić information content (AvgIpc) is 3.37. The first kappa shape index (κ1) is 21.6. The van der Waals surface area contributed by atoms with Crippen LogP contribution in [0.25, 0.3) is 0 Å². The zero-order chi connectivity index (χ0) is 21.7. The van der Waals surface area contributed by atoms with Crippen molar-refractivity contribution in [2.75, 3.05) is 31.5 Å². The maximum Gasteiger partial charge on any atom is 0.259 e. The van der Waals surface area contributed by atoms with E-state index in [0.717, 1.165) is 12.8 Å². The zero-order valence-corrected chi connectivity index (χ0v) is 17.8. The summed E-state index contributed by atoms with van der Waals surface area (Å²) in [5.41, 5.74) is 0.956. The number of piperidine rings is 1. The van der Waals surface area contributed by atoms with Gasteiger partial charge < -0.3 is 19.5 Å². The number of carbonyl (C=O) groups excluding carboxylic acids is 3. The Morgan fingerprint density at radius 1 is 1.30 bits per heavy atom. The Morgan fingerprint density at radius 3 is 2.73 bits per heavy atom. The van der Waals surface area contributed by atoms with Gasteiger partial charge in [-0.25, -0.2) is 0 Å². The van der Waals surface area contributed by atoms with E-state index in [0.29, 0.717) is 43.2 Å². The zero-order valence-electron chi connectivity index (χ0n) is 17.8. The Balaban J connectivity index is 1.56. The molecule has 9 nitrogen and oxygen atoms in total. The normalized spacial score (nSPS) is 16.4. The summed E-state index contributed by atoms with van der Waals surface area (Å²) >= 11 is 0. The average molecular weight is 415 g/mol. The van der Waals surface area contributed by atoms with Crippen LogP contribution in [0.1, 0.15) is 42.8 Å². The van der Waals surface area contributed by atoms with Crippen LogP contribution in [0.2, 0.25) is 0 Å². The number of amides is 3. The molecule has 0 spiro atoms. The van der Waals surface area contributed by atoms with Gasteiger partial charge in [0, 0.05) is 32.4 Å². The van der Waals surface area contributed by atoms with Crippen LogP contribution >= 0.6 is 0 Å². The highest BCUT2D eigenvalue weighted by Gasteiger charge is 2.30. The maximum atomic E-state index is 12.7. The molecule has 2 aromatic heterocycles. The molecule has 1 fully saturated rings. The number of hydrogen-bond acceptors (Lipinski definition) is 5. The second-order valence-corrected chi connectivity index (χ2v) is 7.46. The third-order valence-corrected chi connectivity index (χ3v) is 5.49. The van der Waals surface area contributed by atoms with Crippen molar-refractivity contribution in [1.82, 2.24) is 19.6 Å². The van der Waals surface area contributed by atoms with Crippen molar-refractivity contribution < 1.29 is 18.8 Å². The molecule has 0 aliphatic carbocycles. The van der Waals surface area contributed by atoms with E-state index >= 15 is 0 Å². The fourth-order valence-corrected chi connectivity index (χ4v) is 3.77. The lowest BCUT2D eigenvalue weighted by atomic mass is 9.96. The maximum absolute atomic E-state index is 12.7. The van der Waals surface area contributed by atoms with Crippen LogP contribution in [-0.2, 0) is 16.1 Å². The highest BCUT2D eigenvalue weighted by molar-refractivity contribution is 6.04. The first-order valence-corrected chi connectivity index (χ1v) is 10.4. The molecule has 1 saturated heterocycles. The lowest BCUT2D eigenvalue weighted by Gasteiger charge is -2.34. The van der Waals surface area contributed by atoms with Gasteiger partial charge in [0.15, 0.2) is 0 Å². The number of anilines is 1. The van der Waals surface area contributed by atoms with Crippen LogP contribution in [0.4, 0.5) is 5.69 Å². The third-order valence-electron chi connectivity index (χ3n) is 5.49. The van der Waals surface area contributed by atoms with Gasteiger partial charge in [-0.05, 0) is 39.7 Å². The van der Waals surface area contributed by atoms with Gasteiger partial charge in [0.2, 0.25) is 11.8 Å². The number of aromatic nitrogens is 2. The number of rotatable bonds is 7. The van der Waals surface area contributed by atoms with Gasteiger partial charge in [-0.3, -0.25) is 19.1 Å². The Hall–Kier alpha value is -3.10. The van der Waals surface area contributed by atoms with Crippen molar-refractivity contribution >= 4 is 23.4 Å². The quantitative estimate of drug-likeness (QED) is 0.747. The smallest absolute Gasteiger partial charge is 0.259 e. The second kappa shape index (κ2) is 9.60. The molecule has 162 valence electrons. The predicted molar refractivity (Wildman–Crippen MR) is 111 cm³/mol. The summed E-state index contributed by atoms with van der Waals surface area (Å²) < 4.78 is 6.64. The molecule has 2 aromatic rings. The molecular formula is C21H29N5O4. The minimum Gasteiger partial charge on any atom is -0.469 e. The van der Waals surface area contributed by atoms with E-state index < -0.39 is 0 Å². The van der Waals surface area contributed by atoms with Gasteiger partial charge >= 0.3 is 0 Å². The van der Waals surface area contributed by atoms with Crippen LogP contribution in [0.15, 0.2) is 29.1 Å². The molecule has 0 saturated carbocycles. The molecule has 3 amide bonds. The highest BCUT2D eigenvalue weighted by atomic mass is 16.3. The first-order valence-electron chi connectivity index (χ1n) is 10.4. The molecule has 1 atom stereocenters. The van der Waals surface area contributed by atoms with Crippen LogP contribution in [-0.4, -0.2) is 63.5 Å². The van der Waals surface area contributed by atoms with E-state index in [-0.39, 0.29) is 30.2 Å². The van der Waals surface area contributed by atoms with Crippen LogP contribution in [0.3, 0.4) is 0 Å². The van der Waals surface area contributed by atoms with E-state index in [1.54, 1.807) is 24.1 Å². The first-order chi connectivity index (χ1) is 14.4. The topological polar surface area (TPSA) is 101 Å². The third kappa shape index (κ3) is 4.90. The monoisotopic (exact) mass is 415 g/mol. The highest BCUT2D eigenvalue weighted by Crippen LogP contribution is 2.20. The molecule has 1 aliphatic heterocycles. The summed E-state index contributed by atoms with van der Waals surface area (Å²) in [6.45, 7) is 8.16. The van der Waals surface area contributed by atoms with Gasteiger partial charge in [-0.15, -0.1) is 0 Å². The number of aryl methyl sites for hydroxylation is 1. The Kier molecular flexibility index (Phi) is 6.91.